The van der Waals surface area contributed by atoms with Crippen LogP contribution in [0.3, 0.4) is 0 Å². The molecule has 0 aromatic heterocycles. The fourth-order valence-corrected chi connectivity index (χ4v) is 3.65. The van der Waals surface area contributed by atoms with E-state index in [9.17, 15) is 26.4 Å². The third-order valence-corrected chi connectivity index (χ3v) is 5.55. The number of rotatable bonds is 7. The van der Waals surface area contributed by atoms with Crippen LogP contribution in [0.25, 0.3) is 10.4 Å². The molecule has 0 N–H and O–H groups in total. The third-order valence-electron chi connectivity index (χ3n) is 4.54. The highest BCUT2D eigenvalue weighted by molar-refractivity contribution is 7.87. The van der Waals surface area contributed by atoms with E-state index in [2.05, 4.69) is 14.2 Å². The van der Waals surface area contributed by atoms with Crippen molar-refractivity contribution in [3.8, 4) is 0 Å². The van der Waals surface area contributed by atoms with Crippen molar-refractivity contribution in [2.45, 2.75) is 55.8 Å². The topological polar surface area (TPSA) is 146 Å². The van der Waals surface area contributed by atoms with Crippen molar-refractivity contribution in [3.63, 3.8) is 0 Å². The fourth-order valence-electron chi connectivity index (χ4n) is 3.20. The van der Waals surface area contributed by atoms with Crippen LogP contribution in [0, 0.1) is 0 Å². The molecule has 0 amide bonds. The number of benzene rings is 1. The Hall–Kier alpha value is -2.42. The number of azide groups is 1. The maximum absolute atomic E-state index is 12.6. The lowest BCUT2D eigenvalue weighted by Crippen LogP contribution is -2.45. The Kier molecular flexibility index (Phi) is 6.70. The molecule has 0 aliphatic carbocycles. The second-order valence-corrected chi connectivity index (χ2v) is 8.87. The molecule has 0 bridgehead atoms. The molecule has 0 radical (unpaired) electrons. The van der Waals surface area contributed by atoms with Crippen LogP contribution in [0.2, 0.25) is 0 Å². The Bertz CT molecular complexity index is 998. The molecule has 176 valence electrons. The van der Waals surface area contributed by atoms with Gasteiger partial charge < -0.3 is 18.9 Å². The summed E-state index contributed by atoms with van der Waals surface area (Å²) in [6, 6.07) is 6.12. The molecule has 2 aliphatic rings. The van der Waals surface area contributed by atoms with Crippen LogP contribution in [0.15, 0.2) is 35.4 Å². The van der Waals surface area contributed by atoms with E-state index < -0.39 is 64.6 Å². The maximum Gasteiger partial charge on any atom is 0.523 e. The highest BCUT2D eigenvalue weighted by atomic mass is 32.2. The molecule has 5 unspecified atom stereocenters. The van der Waals surface area contributed by atoms with Crippen LogP contribution in [-0.2, 0) is 33.2 Å². The number of esters is 1. The van der Waals surface area contributed by atoms with Gasteiger partial charge in [-0.3, -0.25) is 4.18 Å². The molecule has 2 heterocycles. The van der Waals surface area contributed by atoms with Gasteiger partial charge in [-0.25, -0.2) is 4.79 Å². The number of fused-ring (bicyclic) bond motifs is 1. The standard InChI is InChI=1S/C17H18F3N3O8S/c1-16(2)30-13-12(28-14(24)9-6-4-3-5-7-9)11(29-15(13)31-16)10(22-23-21)8-27-32(25,26)17(18,19)20/h3-7,10-13,15H,8H2,1-2H3. The number of carbonyl (C=O) groups is 1. The molecule has 2 aliphatic heterocycles. The molecule has 2 saturated heterocycles. The lowest BCUT2D eigenvalue weighted by Gasteiger charge is -2.28. The summed E-state index contributed by atoms with van der Waals surface area (Å²) in [5.41, 5.74) is 3.30. The number of nitrogens with zero attached hydrogens (tertiary/aromatic N) is 3. The molecule has 0 spiro atoms. The normalized spacial score (nSPS) is 27.9. The van der Waals surface area contributed by atoms with Gasteiger partial charge in [0.05, 0.1) is 18.2 Å². The van der Waals surface area contributed by atoms with Crippen LogP contribution in [0.1, 0.15) is 24.2 Å². The van der Waals surface area contributed by atoms with Gasteiger partial charge in [0, 0.05) is 4.91 Å². The smallest absolute Gasteiger partial charge is 0.453 e. The molecule has 2 fully saturated rings. The first kappa shape index (κ1) is 24.2. The molecule has 1 aromatic carbocycles. The van der Waals surface area contributed by atoms with Gasteiger partial charge in [0.2, 0.25) is 0 Å². The third kappa shape index (κ3) is 5.14. The van der Waals surface area contributed by atoms with E-state index in [0.717, 1.165) is 0 Å². The zero-order chi connectivity index (χ0) is 23.7. The summed E-state index contributed by atoms with van der Waals surface area (Å²) < 4.78 is 86.6. The van der Waals surface area contributed by atoms with Crippen LogP contribution in [0.5, 0.6) is 0 Å². The van der Waals surface area contributed by atoms with Crippen molar-refractivity contribution in [3.05, 3.63) is 46.3 Å². The first-order chi connectivity index (χ1) is 14.8. The zero-order valence-electron chi connectivity index (χ0n) is 16.6. The molecule has 1 aromatic rings. The molecule has 11 nitrogen and oxygen atoms in total. The predicted molar refractivity (Wildman–Crippen MR) is 98.2 cm³/mol. The summed E-state index contributed by atoms with van der Waals surface area (Å²) in [6.07, 6.45) is -4.90. The largest absolute Gasteiger partial charge is 0.523 e. The second kappa shape index (κ2) is 8.84. The van der Waals surface area contributed by atoms with E-state index in [1.165, 1.54) is 12.1 Å². The first-order valence-corrected chi connectivity index (χ1v) is 10.5. The summed E-state index contributed by atoms with van der Waals surface area (Å²) >= 11 is 0. The van der Waals surface area contributed by atoms with Crippen molar-refractivity contribution in [1.29, 1.82) is 0 Å². The van der Waals surface area contributed by atoms with Crippen molar-refractivity contribution in [2.24, 2.45) is 5.11 Å². The maximum atomic E-state index is 12.6. The quantitative estimate of drug-likeness (QED) is 0.144. The summed E-state index contributed by atoms with van der Waals surface area (Å²) in [6.45, 7) is 1.90. The first-order valence-electron chi connectivity index (χ1n) is 9.12. The van der Waals surface area contributed by atoms with Crippen LogP contribution < -0.4 is 0 Å². The van der Waals surface area contributed by atoms with E-state index in [1.54, 1.807) is 32.0 Å². The Balaban J connectivity index is 1.85. The second-order valence-electron chi connectivity index (χ2n) is 7.26. The van der Waals surface area contributed by atoms with Crippen molar-refractivity contribution in [1.82, 2.24) is 0 Å². The number of ether oxygens (including phenoxy) is 4. The highest BCUT2D eigenvalue weighted by Gasteiger charge is 2.58. The van der Waals surface area contributed by atoms with Crippen LogP contribution >= 0.6 is 0 Å². The van der Waals surface area contributed by atoms with Crippen LogP contribution in [-0.4, -0.2) is 62.9 Å². The van der Waals surface area contributed by atoms with Gasteiger partial charge in [-0.2, -0.15) is 21.6 Å². The highest BCUT2D eigenvalue weighted by Crippen LogP contribution is 2.40. The van der Waals surface area contributed by atoms with E-state index >= 15 is 0 Å². The van der Waals surface area contributed by atoms with Gasteiger partial charge in [0.25, 0.3) is 0 Å². The number of hydrogen-bond donors (Lipinski definition) is 0. The molecule has 32 heavy (non-hydrogen) atoms. The fraction of sp³-hybridized carbons (Fsp3) is 0.588. The number of halogens is 3. The van der Waals surface area contributed by atoms with Gasteiger partial charge in [0.15, 0.2) is 24.3 Å². The van der Waals surface area contributed by atoms with E-state index in [0.29, 0.717) is 0 Å². The Morgan fingerprint density at radius 2 is 1.94 bits per heavy atom. The zero-order valence-corrected chi connectivity index (χ0v) is 17.4. The van der Waals surface area contributed by atoms with Gasteiger partial charge in [-0.05, 0) is 31.5 Å². The summed E-state index contributed by atoms with van der Waals surface area (Å²) in [5, 5.41) is 3.28. The Morgan fingerprint density at radius 1 is 1.28 bits per heavy atom. The number of alkyl halides is 3. The van der Waals surface area contributed by atoms with E-state index in [1.807, 2.05) is 0 Å². The Morgan fingerprint density at radius 3 is 2.53 bits per heavy atom. The predicted octanol–water partition coefficient (Wildman–Crippen LogP) is 2.63. The minimum absolute atomic E-state index is 0.157. The molecule has 0 saturated carbocycles. The van der Waals surface area contributed by atoms with Gasteiger partial charge in [-0.15, -0.1) is 0 Å². The Labute approximate surface area is 180 Å². The van der Waals surface area contributed by atoms with Crippen molar-refractivity contribution < 1.29 is 49.5 Å². The monoisotopic (exact) mass is 481 g/mol. The summed E-state index contributed by atoms with van der Waals surface area (Å²) in [4.78, 5) is 15.1. The minimum atomic E-state index is -5.97. The number of hydrogen-bond acceptors (Lipinski definition) is 9. The average molecular weight is 481 g/mol. The molecular weight excluding hydrogens is 463 g/mol. The van der Waals surface area contributed by atoms with Gasteiger partial charge in [0.1, 0.15) is 6.10 Å². The molecule has 15 heteroatoms. The van der Waals surface area contributed by atoms with E-state index in [-0.39, 0.29) is 5.56 Å². The van der Waals surface area contributed by atoms with Crippen molar-refractivity contribution in [2.75, 3.05) is 6.61 Å². The average Bonchev–Trinajstić information content (AvgIpc) is 3.17. The number of carbonyl (C=O) groups excluding carboxylic acids is 1. The van der Waals surface area contributed by atoms with Gasteiger partial charge in [-0.1, -0.05) is 23.3 Å². The van der Waals surface area contributed by atoms with Gasteiger partial charge >= 0.3 is 21.6 Å². The minimum Gasteiger partial charge on any atom is -0.453 e. The molecule has 5 atom stereocenters. The summed E-state index contributed by atoms with van der Waals surface area (Å²) in [5.74, 6) is -1.95. The van der Waals surface area contributed by atoms with Crippen LogP contribution in [0.4, 0.5) is 13.2 Å². The van der Waals surface area contributed by atoms with Crippen molar-refractivity contribution >= 4 is 16.1 Å². The lowest BCUT2D eigenvalue weighted by molar-refractivity contribution is -0.217. The SMILES string of the molecule is CC1(C)OC2OC(C(COS(=O)(=O)C(F)(F)F)N=[N+]=[N-])C(OC(=O)c3ccccc3)C2O1. The lowest BCUT2D eigenvalue weighted by atomic mass is 10.0. The molecule has 3 rings (SSSR count). The van der Waals surface area contributed by atoms with E-state index in [4.69, 9.17) is 24.5 Å². The molecular formula is C17H18F3N3O8S. The summed E-state index contributed by atoms with van der Waals surface area (Å²) in [7, 11) is -5.97.